The summed E-state index contributed by atoms with van der Waals surface area (Å²) in [6.07, 6.45) is 5.38. The van der Waals surface area contributed by atoms with Crippen molar-refractivity contribution in [3.05, 3.63) is 65.6 Å². The van der Waals surface area contributed by atoms with E-state index in [1.54, 1.807) is 6.26 Å². The van der Waals surface area contributed by atoms with Gasteiger partial charge in [0.1, 0.15) is 5.76 Å². The molecular formula is C19H20O2. The Labute approximate surface area is 125 Å². The van der Waals surface area contributed by atoms with Gasteiger partial charge < -0.3 is 4.42 Å². The molecule has 1 aliphatic carbocycles. The van der Waals surface area contributed by atoms with Gasteiger partial charge in [0.2, 0.25) is 0 Å². The molecule has 0 N–H and O–H groups in total. The van der Waals surface area contributed by atoms with E-state index in [2.05, 4.69) is 26.0 Å². The second-order valence-electron chi connectivity index (χ2n) is 6.02. The molecule has 2 nitrogen and oxygen atoms in total. The number of ketones is 1. The highest BCUT2D eigenvalue weighted by atomic mass is 16.3. The zero-order valence-corrected chi connectivity index (χ0v) is 12.5. The first-order valence-electron chi connectivity index (χ1n) is 7.47. The van der Waals surface area contributed by atoms with Crippen LogP contribution >= 0.6 is 0 Å². The van der Waals surface area contributed by atoms with Crippen LogP contribution in [0.1, 0.15) is 38.0 Å². The van der Waals surface area contributed by atoms with Gasteiger partial charge in [-0.25, -0.2) is 0 Å². The van der Waals surface area contributed by atoms with E-state index in [0.717, 1.165) is 29.7 Å². The standard InChI is InChI=1S/C19H20O2/c1-14-10-11-15(13-17-9-6-12-21-17)18(20)19(14,2)16-7-4-3-5-8-16/h3-9,12-14H,10-11H2,1-2H3/b15-13+. The van der Waals surface area contributed by atoms with Crippen LogP contribution < -0.4 is 0 Å². The number of hydrogen-bond donors (Lipinski definition) is 0. The van der Waals surface area contributed by atoms with E-state index >= 15 is 0 Å². The number of hydrogen-bond acceptors (Lipinski definition) is 2. The normalized spacial score (nSPS) is 28.0. The number of furan rings is 1. The lowest BCUT2D eigenvalue weighted by atomic mass is 9.62. The van der Waals surface area contributed by atoms with E-state index in [9.17, 15) is 4.79 Å². The maximum absolute atomic E-state index is 13.1. The Kier molecular flexibility index (Phi) is 3.54. The van der Waals surface area contributed by atoms with Gasteiger partial charge in [0, 0.05) is 0 Å². The Morgan fingerprint density at radius 2 is 1.95 bits per heavy atom. The summed E-state index contributed by atoms with van der Waals surface area (Å²) in [4.78, 5) is 13.1. The number of allylic oxidation sites excluding steroid dienone is 1. The van der Waals surface area contributed by atoms with Crippen molar-refractivity contribution in [3.8, 4) is 0 Å². The first kappa shape index (κ1) is 13.9. The average Bonchev–Trinajstić information content (AvgIpc) is 3.02. The third-order valence-electron chi connectivity index (χ3n) is 4.83. The molecule has 0 saturated heterocycles. The van der Waals surface area contributed by atoms with Crippen LogP contribution in [0.2, 0.25) is 0 Å². The van der Waals surface area contributed by atoms with E-state index in [1.165, 1.54) is 0 Å². The van der Waals surface area contributed by atoms with E-state index in [-0.39, 0.29) is 5.78 Å². The number of carbonyl (C=O) groups is 1. The van der Waals surface area contributed by atoms with Gasteiger partial charge in [-0.3, -0.25) is 4.79 Å². The first-order valence-corrected chi connectivity index (χ1v) is 7.47. The summed E-state index contributed by atoms with van der Waals surface area (Å²) in [5.74, 6) is 1.31. The molecule has 3 rings (SSSR count). The lowest BCUT2D eigenvalue weighted by Gasteiger charge is -2.39. The lowest BCUT2D eigenvalue weighted by molar-refractivity contribution is -0.123. The van der Waals surface area contributed by atoms with Crippen LogP contribution in [0.5, 0.6) is 0 Å². The topological polar surface area (TPSA) is 30.2 Å². The van der Waals surface area contributed by atoms with Crippen molar-refractivity contribution >= 4 is 11.9 Å². The molecule has 1 aromatic carbocycles. The van der Waals surface area contributed by atoms with E-state index in [1.807, 2.05) is 36.4 Å². The summed E-state index contributed by atoms with van der Waals surface area (Å²) in [7, 11) is 0. The third kappa shape index (κ3) is 2.35. The first-order chi connectivity index (χ1) is 10.1. The molecule has 0 amide bonds. The Balaban J connectivity index is 2.02. The van der Waals surface area contributed by atoms with Crippen LogP contribution in [-0.2, 0) is 10.2 Å². The molecule has 0 spiro atoms. The van der Waals surface area contributed by atoms with Crippen molar-refractivity contribution in [1.29, 1.82) is 0 Å². The fourth-order valence-corrected chi connectivity index (χ4v) is 3.21. The van der Waals surface area contributed by atoms with E-state index in [4.69, 9.17) is 4.42 Å². The summed E-state index contributed by atoms with van der Waals surface area (Å²) in [6, 6.07) is 13.9. The van der Waals surface area contributed by atoms with Crippen LogP contribution in [0.25, 0.3) is 6.08 Å². The van der Waals surface area contributed by atoms with Gasteiger partial charge in [-0.05, 0) is 55.0 Å². The third-order valence-corrected chi connectivity index (χ3v) is 4.83. The second-order valence-corrected chi connectivity index (χ2v) is 6.02. The average molecular weight is 280 g/mol. The molecule has 1 fully saturated rings. The largest absolute Gasteiger partial charge is 0.465 e. The molecule has 1 saturated carbocycles. The number of carbonyl (C=O) groups excluding carboxylic acids is 1. The van der Waals surface area contributed by atoms with Crippen LogP contribution in [0, 0.1) is 5.92 Å². The summed E-state index contributed by atoms with van der Waals surface area (Å²) in [5.41, 5.74) is 1.53. The molecule has 0 bridgehead atoms. The van der Waals surface area contributed by atoms with Gasteiger partial charge in [0.25, 0.3) is 0 Å². The molecule has 1 aliphatic rings. The van der Waals surface area contributed by atoms with Gasteiger partial charge in [-0.2, -0.15) is 0 Å². The van der Waals surface area contributed by atoms with Gasteiger partial charge in [-0.1, -0.05) is 37.3 Å². The fourth-order valence-electron chi connectivity index (χ4n) is 3.21. The number of benzene rings is 1. The highest BCUT2D eigenvalue weighted by Gasteiger charge is 2.44. The second kappa shape index (κ2) is 5.36. The monoisotopic (exact) mass is 280 g/mol. The Bertz CT molecular complexity index is 652. The quantitative estimate of drug-likeness (QED) is 0.751. The molecule has 2 unspecified atom stereocenters. The molecule has 21 heavy (non-hydrogen) atoms. The van der Waals surface area contributed by atoms with Crippen molar-refractivity contribution in [2.45, 2.75) is 32.1 Å². The SMILES string of the molecule is CC1CC/C(=C\c2ccco2)C(=O)C1(C)c1ccccc1. The molecule has 2 atom stereocenters. The number of Topliss-reactive ketones (excluding diaryl/α,β-unsaturated/α-hetero) is 1. The van der Waals surface area contributed by atoms with Crippen molar-refractivity contribution < 1.29 is 9.21 Å². The van der Waals surface area contributed by atoms with Crippen LogP contribution in [-0.4, -0.2) is 5.78 Å². The molecule has 2 aromatic rings. The summed E-state index contributed by atoms with van der Waals surface area (Å²) in [6.45, 7) is 4.25. The predicted molar refractivity (Wildman–Crippen MR) is 83.9 cm³/mol. The maximum atomic E-state index is 13.1. The smallest absolute Gasteiger partial charge is 0.169 e. The zero-order chi connectivity index (χ0) is 14.9. The highest BCUT2D eigenvalue weighted by Crippen LogP contribution is 2.43. The molecule has 1 aromatic heterocycles. The molecule has 1 heterocycles. The van der Waals surface area contributed by atoms with Gasteiger partial charge in [-0.15, -0.1) is 0 Å². The van der Waals surface area contributed by atoms with Crippen molar-refractivity contribution in [1.82, 2.24) is 0 Å². The van der Waals surface area contributed by atoms with Crippen LogP contribution in [0.4, 0.5) is 0 Å². The molecular weight excluding hydrogens is 260 g/mol. The molecule has 0 aliphatic heterocycles. The predicted octanol–water partition coefficient (Wildman–Crippen LogP) is 4.62. The molecule has 2 heteroatoms. The Morgan fingerprint density at radius 1 is 1.19 bits per heavy atom. The van der Waals surface area contributed by atoms with Crippen molar-refractivity contribution in [2.75, 3.05) is 0 Å². The molecule has 0 radical (unpaired) electrons. The summed E-state index contributed by atoms with van der Waals surface area (Å²) >= 11 is 0. The van der Waals surface area contributed by atoms with Gasteiger partial charge >= 0.3 is 0 Å². The highest BCUT2D eigenvalue weighted by molar-refractivity contribution is 6.07. The lowest BCUT2D eigenvalue weighted by Crippen LogP contribution is -2.43. The van der Waals surface area contributed by atoms with Gasteiger partial charge in [0.15, 0.2) is 5.78 Å². The number of rotatable bonds is 2. The minimum atomic E-state index is -0.446. The van der Waals surface area contributed by atoms with Crippen LogP contribution in [0.3, 0.4) is 0 Å². The molecule has 108 valence electrons. The van der Waals surface area contributed by atoms with Crippen molar-refractivity contribution in [3.63, 3.8) is 0 Å². The Hall–Kier alpha value is -2.09. The zero-order valence-electron chi connectivity index (χ0n) is 12.5. The van der Waals surface area contributed by atoms with Gasteiger partial charge in [0.05, 0.1) is 11.7 Å². The maximum Gasteiger partial charge on any atom is 0.169 e. The van der Waals surface area contributed by atoms with E-state index < -0.39 is 5.41 Å². The van der Waals surface area contributed by atoms with Crippen molar-refractivity contribution in [2.24, 2.45) is 5.92 Å². The summed E-state index contributed by atoms with van der Waals surface area (Å²) in [5, 5.41) is 0. The van der Waals surface area contributed by atoms with Crippen LogP contribution in [0.15, 0.2) is 58.7 Å². The minimum Gasteiger partial charge on any atom is -0.465 e. The van der Waals surface area contributed by atoms with E-state index in [0.29, 0.717) is 5.92 Å². The minimum absolute atomic E-state index is 0.226. The fraction of sp³-hybridized carbons (Fsp3) is 0.316. The Morgan fingerprint density at radius 3 is 2.62 bits per heavy atom. The summed E-state index contributed by atoms with van der Waals surface area (Å²) < 4.78 is 5.36.